The Morgan fingerprint density at radius 3 is 2.09 bits per heavy atom. The number of aromatic nitrogens is 1. The predicted molar refractivity (Wildman–Crippen MR) is 43.9 cm³/mol. The van der Waals surface area contributed by atoms with Crippen LogP contribution in [0.15, 0.2) is 24.5 Å². The molecule has 0 amide bonds. The molecule has 0 radical (unpaired) electrons. The third kappa shape index (κ3) is 3.27. The van der Waals surface area contributed by atoms with Gasteiger partial charge in [-0.3, -0.25) is 5.21 Å². The number of rotatable bonds is 1. The van der Waals surface area contributed by atoms with E-state index in [0.717, 1.165) is 10.4 Å². The van der Waals surface area contributed by atoms with Crippen molar-refractivity contribution in [2.45, 2.75) is 0 Å². The molecule has 0 atom stereocenters. The number of nitrogens with zero attached hydrogens (tertiary/aromatic N) is 2. The number of pyridine rings is 1. The molecule has 1 aromatic rings. The zero-order chi connectivity index (χ0) is 7.56. The molecule has 11 heavy (non-hydrogen) atoms. The first kappa shape index (κ1) is 11.0. The van der Waals surface area contributed by atoms with Gasteiger partial charge in [0.15, 0.2) is 0 Å². The van der Waals surface area contributed by atoms with Crippen molar-refractivity contribution in [2.75, 3.05) is 19.0 Å². The summed E-state index contributed by atoms with van der Waals surface area (Å²) in [5.41, 5.74) is 1.07. The molecular weight excluding hydrogens is 168 g/mol. The predicted octanol–water partition coefficient (Wildman–Crippen LogP) is -0.103. The van der Waals surface area contributed by atoms with Gasteiger partial charge in [-0.2, -0.15) is 0 Å². The van der Waals surface area contributed by atoms with Gasteiger partial charge < -0.3 is 4.90 Å². The van der Waals surface area contributed by atoms with Gasteiger partial charge in [0.05, 0.1) is 0 Å². The third-order valence-electron chi connectivity index (χ3n) is 1.31. The zero-order valence-electron chi connectivity index (χ0n) is 6.86. The third-order valence-corrected chi connectivity index (χ3v) is 1.31. The minimum Gasteiger partial charge on any atom is -0.377 e. The van der Waals surface area contributed by atoms with Crippen molar-refractivity contribution in [3.05, 3.63) is 24.5 Å². The van der Waals surface area contributed by atoms with Crippen LogP contribution in [0.2, 0.25) is 0 Å². The molecule has 0 saturated carbocycles. The molecule has 0 unspecified atom stereocenters. The quantitative estimate of drug-likeness (QED) is 0.370. The van der Waals surface area contributed by atoms with E-state index in [1.807, 2.05) is 31.1 Å². The van der Waals surface area contributed by atoms with E-state index in [9.17, 15) is 0 Å². The summed E-state index contributed by atoms with van der Waals surface area (Å²) in [5.74, 6) is 0. The van der Waals surface area contributed by atoms with Gasteiger partial charge >= 0.3 is 37.7 Å². The molecule has 0 aliphatic rings. The second-order valence-electron chi connectivity index (χ2n) is 2.33. The Morgan fingerprint density at radius 2 is 1.73 bits per heavy atom. The smallest absolute Gasteiger partial charge is 0.377 e. The van der Waals surface area contributed by atoms with E-state index in [-0.39, 0.29) is 37.7 Å². The van der Waals surface area contributed by atoms with Crippen molar-refractivity contribution in [1.82, 2.24) is 0 Å². The van der Waals surface area contributed by atoms with Crippen LogP contribution in [0.3, 0.4) is 0 Å². The first-order chi connectivity index (χ1) is 4.70. The summed E-state index contributed by atoms with van der Waals surface area (Å²) in [6.07, 6.45) is 3.19. The first-order valence-corrected chi connectivity index (χ1v) is 3.08. The summed E-state index contributed by atoms with van der Waals surface area (Å²) in [7, 11) is 3.91. The SMILES string of the molecule is CN(C)c1cc[n+](O)cc1.[Ca+2]. The molecule has 1 heterocycles. The second kappa shape index (κ2) is 4.80. The molecule has 0 fully saturated rings. The van der Waals surface area contributed by atoms with Crippen LogP contribution in [0, 0.1) is 0 Å². The Bertz CT molecular complexity index is 210. The van der Waals surface area contributed by atoms with E-state index in [2.05, 4.69) is 0 Å². The van der Waals surface area contributed by atoms with Gasteiger partial charge in [0.2, 0.25) is 12.4 Å². The van der Waals surface area contributed by atoms with Gasteiger partial charge in [-0.25, -0.2) is 0 Å². The molecule has 1 aromatic heterocycles. The molecule has 0 spiro atoms. The summed E-state index contributed by atoms with van der Waals surface area (Å²) in [5, 5.41) is 8.84. The number of anilines is 1. The number of hydrogen-bond acceptors (Lipinski definition) is 2. The Labute approximate surface area is 96.2 Å². The molecule has 4 heteroatoms. The van der Waals surface area contributed by atoms with Crippen molar-refractivity contribution in [1.29, 1.82) is 0 Å². The summed E-state index contributed by atoms with van der Waals surface area (Å²) in [6.45, 7) is 0. The fourth-order valence-electron chi connectivity index (χ4n) is 0.709. The van der Waals surface area contributed by atoms with Crippen molar-refractivity contribution in [2.24, 2.45) is 0 Å². The van der Waals surface area contributed by atoms with Crippen LogP contribution in [-0.4, -0.2) is 57.0 Å². The Morgan fingerprint density at radius 1 is 1.27 bits per heavy atom. The van der Waals surface area contributed by atoms with Crippen molar-refractivity contribution in [3.63, 3.8) is 0 Å². The molecule has 0 aromatic carbocycles. The summed E-state index contributed by atoms with van der Waals surface area (Å²) < 4.78 is 1.02. The van der Waals surface area contributed by atoms with Gasteiger partial charge in [-0.1, -0.05) is 0 Å². The molecule has 1 N–H and O–H groups in total. The van der Waals surface area contributed by atoms with Crippen LogP contribution in [-0.2, 0) is 0 Å². The largest absolute Gasteiger partial charge is 2.00 e. The Hall–Kier alpha value is 0.00974. The first-order valence-electron chi connectivity index (χ1n) is 3.08. The van der Waals surface area contributed by atoms with E-state index >= 15 is 0 Å². The minimum absolute atomic E-state index is 0. The molecule has 0 aliphatic heterocycles. The van der Waals surface area contributed by atoms with E-state index < -0.39 is 0 Å². The minimum atomic E-state index is 0. The Kier molecular flexibility index (Phi) is 4.81. The summed E-state index contributed by atoms with van der Waals surface area (Å²) >= 11 is 0. The monoisotopic (exact) mass is 179 g/mol. The van der Waals surface area contributed by atoms with Crippen LogP contribution in [0.4, 0.5) is 5.69 Å². The van der Waals surface area contributed by atoms with Crippen LogP contribution in [0.5, 0.6) is 0 Å². The van der Waals surface area contributed by atoms with Crippen LogP contribution in [0.1, 0.15) is 0 Å². The second-order valence-corrected chi connectivity index (χ2v) is 2.33. The van der Waals surface area contributed by atoms with Gasteiger partial charge in [0.25, 0.3) is 0 Å². The zero-order valence-corrected chi connectivity index (χ0v) is 9.07. The topological polar surface area (TPSA) is 27.4 Å². The fraction of sp³-hybridized carbons (Fsp3) is 0.286. The maximum atomic E-state index is 8.84. The van der Waals surface area contributed by atoms with Gasteiger partial charge in [-0.05, 0) is 0 Å². The summed E-state index contributed by atoms with van der Waals surface area (Å²) in [4.78, 5) is 1.97. The molecule has 0 bridgehead atoms. The molecule has 1 rings (SSSR count). The molecule has 3 nitrogen and oxygen atoms in total. The van der Waals surface area contributed by atoms with Crippen molar-refractivity contribution < 1.29 is 9.94 Å². The fourth-order valence-corrected chi connectivity index (χ4v) is 0.709. The van der Waals surface area contributed by atoms with Gasteiger partial charge in [0.1, 0.15) is 0 Å². The van der Waals surface area contributed by atoms with Crippen LogP contribution >= 0.6 is 0 Å². The van der Waals surface area contributed by atoms with E-state index in [1.54, 1.807) is 12.4 Å². The maximum absolute atomic E-state index is 8.84. The standard InChI is InChI=1S/C7H11N2O.Ca/c1-8(2)7-3-5-9(10)6-4-7;/h3-6,10H,1-2H3;/q+1;+2. The maximum Gasteiger partial charge on any atom is 2.00 e. The van der Waals surface area contributed by atoms with E-state index in [1.165, 1.54) is 0 Å². The average Bonchev–Trinajstić information content (AvgIpc) is 1.88. The van der Waals surface area contributed by atoms with Crippen LogP contribution in [0.25, 0.3) is 0 Å². The Balaban J connectivity index is 0.000001000. The van der Waals surface area contributed by atoms with E-state index in [0.29, 0.717) is 0 Å². The van der Waals surface area contributed by atoms with Crippen molar-refractivity contribution >= 4 is 43.4 Å². The van der Waals surface area contributed by atoms with Gasteiger partial charge in [-0.15, -0.1) is 0 Å². The molecule has 54 valence electrons. The van der Waals surface area contributed by atoms with Crippen molar-refractivity contribution in [3.8, 4) is 0 Å². The molecular formula is C7H11CaN2O+3. The average molecular weight is 179 g/mol. The number of hydrogen-bond donors (Lipinski definition) is 1. The summed E-state index contributed by atoms with van der Waals surface area (Å²) in [6, 6.07) is 3.67. The van der Waals surface area contributed by atoms with E-state index in [4.69, 9.17) is 5.21 Å². The molecule has 0 saturated heterocycles. The van der Waals surface area contributed by atoms with Crippen LogP contribution < -0.4 is 9.63 Å². The van der Waals surface area contributed by atoms with Gasteiger partial charge in [0, 0.05) is 36.6 Å². The normalized spacial score (nSPS) is 8.55. The molecule has 0 aliphatic carbocycles.